The van der Waals surface area contributed by atoms with Crippen LogP contribution in [0.25, 0.3) is 66.0 Å². The fourth-order valence-electron chi connectivity index (χ4n) is 8.10. The van der Waals surface area contributed by atoms with Crippen molar-refractivity contribution in [1.82, 2.24) is 9.97 Å². The molecule has 0 radical (unpaired) electrons. The molecule has 2 nitrogen and oxygen atoms in total. The van der Waals surface area contributed by atoms with Crippen LogP contribution in [0.3, 0.4) is 0 Å². The van der Waals surface area contributed by atoms with Gasteiger partial charge in [-0.1, -0.05) is 115 Å². The number of nitrogens with zero attached hydrogens (tertiary/aromatic N) is 2. The second-order valence-electron chi connectivity index (χ2n) is 11.7. The molecule has 0 bridgehead atoms. The zero-order valence-corrected chi connectivity index (χ0v) is 23.3. The van der Waals surface area contributed by atoms with E-state index in [1.54, 1.807) is 0 Å². The third-order valence-electron chi connectivity index (χ3n) is 9.77. The molecule has 0 saturated carbocycles. The van der Waals surface area contributed by atoms with Crippen molar-refractivity contribution < 1.29 is 0 Å². The van der Waals surface area contributed by atoms with E-state index in [1.165, 1.54) is 66.4 Å². The van der Waals surface area contributed by atoms with E-state index in [9.17, 15) is 0 Å². The predicted molar refractivity (Wildman–Crippen MR) is 176 cm³/mol. The molecule has 1 spiro atoms. The fraction of sp³-hybridized carbons (Fsp3) is 0.0244. The number of hydrogen-bond acceptors (Lipinski definition) is 2. The summed E-state index contributed by atoms with van der Waals surface area (Å²) in [4.78, 5) is 9.51. The Morgan fingerprint density at radius 3 is 1.91 bits per heavy atom. The smallest absolute Gasteiger partial charge is 0.0970 e. The summed E-state index contributed by atoms with van der Waals surface area (Å²) in [5, 5.41) is 4.86. The first-order valence-corrected chi connectivity index (χ1v) is 14.8. The summed E-state index contributed by atoms with van der Waals surface area (Å²) in [6, 6.07) is 49.3. The number of pyridine rings is 2. The van der Waals surface area contributed by atoms with Crippen molar-refractivity contribution in [2.24, 2.45) is 0 Å². The summed E-state index contributed by atoms with van der Waals surface area (Å²) in [6.45, 7) is 0. The average Bonchev–Trinajstić information content (AvgIpc) is 3.37. The zero-order chi connectivity index (χ0) is 28.1. The Labute approximate surface area is 248 Å². The highest BCUT2D eigenvalue weighted by Crippen LogP contribution is 2.62. The molecule has 8 aromatic rings. The maximum atomic E-state index is 4.81. The molecule has 2 aromatic heterocycles. The third kappa shape index (κ3) is 2.83. The Morgan fingerprint density at radius 2 is 1.07 bits per heavy atom. The minimum atomic E-state index is -0.427. The van der Waals surface area contributed by atoms with E-state index in [0.717, 1.165) is 21.8 Å². The van der Waals surface area contributed by atoms with Gasteiger partial charge in [0.2, 0.25) is 0 Å². The molecule has 2 aliphatic carbocycles. The molecule has 0 aliphatic heterocycles. The van der Waals surface area contributed by atoms with Crippen molar-refractivity contribution in [2.45, 2.75) is 5.41 Å². The third-order valence-corrected chi connectivity index (χ3v) is 9.77. The van der Waals surface area contributed by atoms with Crippen molar-refractivity contribution in [2.75, 3.05) is 0 Å². The second kappa shape index (κ2) is 8.24. The Bertz CT molecular complexity index is 2420. The number of fused-ring (bicyclic) bond motifs is 12. The standard InChI is InChI=1S/C41H24N2/c1-3-14-34-29(11-1)30-12-2-4-15-35(30)41(34)36-16-6-9-25-8-5-13-32(38(25)36)31-19-18-27(24-37(31)41)28-21-23-43-40-33(28)20-17-26-10-7-22-42-39(26)40/h1-24H. The van der Waals surface area contributed by atoms with Crippen molar-refractivity contribution >= 4 is 32.6 Å². The molecule has 0 saturated heterocycles. The van der Waals surface area contributed by atoms with Crippen molar-refractivity contribution in [3.8, 4) is 33.4 Å². The molecule has 0 atom stereocenters. The highest BCUT2D eigenvalue weighted by molar-refractivity contribution is 6.10. The normalized spacial score (nSPS) is 13.8. The highest BCUT2D eigenvalue weighted by atomic mass is 14.7. The van der Waals surface area contributed by atoms with E-state index < -0.39 is 5.41 Å². The lowest BCUT2D eigenvalue weighted by Crippen LogP contribution is -2.31. The lowest BCUT2D eigenvalue weighted by Gasteiger charge is -2.40. The van der Waals surface area contributed by atoms with Crippen LogP contribution in [0.2, 0.25) is 0 Å². The molecule has 2 aliphatic rings. The minimum Gasteiger partial charge on any atom is -0.254 e. The monoisotopic (exact) mass is 544 g/mol. The van der Waals surface area contributed by atoms with Gasteiger partial charge in [0, 0.05) is 23.2 Å². The van der Waals surface area contributed by atoms with E-state index in [2.05, 4.69) is 127 Å². The van der Waals surface area contributed by atoms with Gasteiger partial charge in [0.1, 0.15) is 0 Å². The van der Waals surface area contributed by atoms with Crippen LogP contribution in [-0.4, -0.2) is 9.97 Å². The van der Waals surface area contributed by atoms with Gasteiger partial charge < -0.3 is 0 Å². The zero-order valence-electron chi connectivity index (χ0n) is 23.3. The van der Waals surface area contributed by atoms with Crippen LogP contribution in [0.15, 0.2) is 146 Å². The maximum Gasteiger partial charge on any atom is 0.0970 e. The van der Waals surface area contributed by atoms with Gasteiger partial charge in [-0.05, 0) is 84.6 Å². The Kier molecular flexibility index (Phi) is 4.41. The quantitative estimate of drug-likeness (QED) is 0.192. The van der Waals surface area contributed by atoms with Crippen LogP contribution in [-0.2, 0) is 5.41 Å². The van der Waals surface area contributed by atoms with Crippen molar-refractivity contribution in [3.05, 3.63) is 168 Å². The van der Waals surface area contributed by atoms with Gasteiger partial charge in [0.05, 0.1) is 16.4 Å². The first kappa shape index (κ1) is 23.0. The van der Waals surface area contributed by atoms with Crippen molar-refractivity contribution in [3.63, 3.8) is 0 Å². The van der Waals surface area contributed by atoms with E-state index in [0.29, 0.717) is 0 Å². The molecule has 6 aromatic carbocycles. The summed E-state index contributed by atoms with van der Waals surface area (Å²) in [5.74, 6) is 0. The number of rotatable bonds is 1. The van der Waals surface area contributed by atoms with E-state index in [4.69, 9.17) is 9.97 Å². The summed E-state index contributed by atoms with van der Waals surface area (Å²) in [7, 11) is 0. The van der Waals surface area contributed by atoms with Crippen LogP contribution in [0.1, 0.15) is 22.3 Å². The summed E-state index contributed by atoms with van der Waals surface area (Å²) < 4.78 is 0. The lowest BCUT2D eigenvalue weighted by molar-refractivity contribution is 0.774. The SMILES string of the molecule is c1ccc2c(c1)-c1ccccc1C21c2cc(-c3ccnc4c3ccc3cccnc34)ccc2-c2cccc3cccc1c23. The second-order valence-corrected chi connectivity index (χ2v) is 11.7. The average molecular weight is 545 g/mol. The van der Waals surface area contributed by atoms with Crippen LogP contribution in [0.5, 0.6) is 0 Å². The first-order chi connectivity index (χ1) is 21.3. The van der Waals surface area contributed by atoms with Gasteiger partial charge in [-0.2, -0.15) is 0 Å². The van der Waals surface area contributed by atoms with Gasteiger partial charge in [-0.25, -0.2) is 0 Å². The predicted octanol–water partition coefficient (Wildman–Crippen LogP) is 9.95. The van der Waals surface area contributed by atoms with Crippen LogP contribution in [0, 0.1) is 0 Å². The molecular formula is C41H24N2. The highest BCUT2D eigenvalue weighted by Gasteiger charge is 2.50. The molecule has 10 rings (SSSR count). The van der Waals surface area contributed by atoms with Crippen LogP contribution < -0.4 is 0 Å². The van der Waals surface area contributed by atoms with Crippen molar-refractivity contribution in [1.29, 1.82) is 0 Å². The number of benzene rings is 6. The topological polar surface area (TPSA) is 25.8 Å². The van der Waals surface area contributed by atoms with E-state index in [-0.39, 0.29) is 0 Å². The molecule has 0 unspecified atom stereocenters. The molecule has 0 fully saturated rings. The largest absolute Gasteiger partial charge is 0.254 e. The van der Waals surface area contributed by atoms with Gasteiger partial charge >= 0.3 is 0 Å². The summed E-state index contributed by atoms with van der Waals surface area (Å²) >= 11 is 0. The molecule has 43 heavy (non-hydrogen) atoms. The van der Waals surface area contributed by atoms with Gasteiger partial charge in [0.15, 0.2) is 0 Å². The number of aromatic nitrogens is 2. The first-order valence-electron chi connectivity index (χ1n) is 14.8. The van der Waals surface area contributed by atoms with Gasteiger partial charge in [-0.3, -0.25) is 9.97 Å². The van der Waals surface area contributed by atoms with Crippen LogP contribution in [0.4, 0.5) is 0 Å². The molecular weight excluding hydrogens is 520 g/mol. The molecule has 198 valence electrons. The van der Waals surface area contributed by atoms with Crippen LogP contribution >= 0.6 is 0 Å². The van der Waals surface area contributed by atoms with Gasteiger partial charge in [-0.15, -0.1) is 0 Å². The number of hydrogen-bond donors (Lipinski definition) is 0. The molecule has 0 amide bonds. The molecule has 2 heteroatoms. The maximum absolute atomic E-state index is 4.81. The Morgan fingerprint density at radius 1 is 0.395 bits per heavy atom. The summed E-state index contributed by atoms with van der Waals surface area (Å²) in [5.41, 5.74) is 14.4. The van der Waals surface area contributed by atoms with Gasteiger partial charge in [0.25, 0.3) is 0 Å². The molecule has 2 heterocycles. The minimum absolute atomic E-state index is 0.427. The fourth-order valence-corrected chi connectivity index (χ4v) is 8.10. The Balaban J connectivity index is 1.36. The Hall–Kier alpha value is -5.60. The summed E-state index contributed by atoms with van der Waals surface area (Å²) in [6.07, 6.45) is 3.78. The lowest BCUT2D eigenvalue weighted by atomic mass is 9.61. The van der Waals surface area contributed by atoms with E-state index >= 15 is 0 Å². The molecule has 0 N–H and O–H groups in total. The van der Waals surface area contributed by atoms with E-state index in [1.807, 2.05) is 18.5 Å².